The summed E-state index contributed by atoms with van der Waals surface area (Å²) in [5.41, 5.74) is 1.42. The van der Waals surface area contributed by atoms with E-state index in [9.17, 15) is 4.79 Å². The van der Waals surface area contributed by atoms with Crippen LogP contribution >= 0.6 is 46.1 Å². The van der Waals surface area contributed by atoms with E-state index < -0.39 is 0 Å². The molecule has 0 radical (unpaired) electrons. The van der Waals surface area contributed by atoms with Crippen molar-refractivity contribution in [1.29, 1.82) is 0 Å². The molecular weight excluding hydrogens is 407 g/mol. The number of benzene rings is 1. The zero-order valence-electron chi connectivity index (χ0n) is 12.5. The summed E-state index contributed by atoms with van der Waals surface area (Å²) < 4.78 is 0. The van der Waals surface area contributed by atoms with Crippen LogP contribution in [0.4, 0.5) is 16.8 Å². The van der Waals surface area contributed by atoms with Crippen LogP contribution < -0.4 is 10.6 Å². The van der Waals surface area contributed by atoms with E-state index in [1.54, 1.807) is 6.07 Å². The van der Waals surface area contributed by atoms with Gasteiger partial charge < -0.3 is 5.32 Å². The van der Waals surface area contributed by atoms with Crippen LogP contribution in [0.1, 0.15) is 15.2 Å². The number of carbonyl (C=O) groups excluding carboxylic acids is 1. The molecule has 0 saturated heterocycles. The van der Waals surface area contributed by atoms with Gasteiger partial charge in [0.1, 0.15) is 4.88 Å². The number of thiazole rings is 1. The molecule has 0 atom stereocenters. The Morgan fingerprint density at radius 1 is 1.12 bits per heavy atom. The first kappa shape index (κ1) is 17.8. The van der Waals surface area contributed by atoms with E-state index in [-0.39, 0.29) is 22.4 Å². The second-order valence-corrected chi connectivity index (χ2v) is 6.85. The highest BCUT2D eigenvalue weighted by Gasteiger charge is 2.14. The molecule has 0 aliphatic rings. The van der Waals surface area contributed by atoms with Crippen molar-refractivity contribution in [3.8, 4) is 0 Å². The number of carbonyl (C=O) groups is 1. The second-order valence-electron chi connectivity index (χ2n) is 4.74. The van der Waals surface area contributed by atoms with E-state index in [4.69, 9.17) is 34.8 Å². The molecule has 3 rings (SSSR count). The first-order chi connectivity index (χ1) is 11.9. The van der Waals surface area contributed by atoms with E-state index in [1.807, 2.05) is 19.1 Å². The molecule has 2 N–H and O–H groups in total. The third-order valence-electron chi connectivity index (χ3n) is 2.99. The average Bonchev–Trinajstić information content (AvgIpc) is 2.98. The first-order valence-electron chi connectivity index (χ1n) is 6.79. The van der Waals surface area contributed by atoms with Gasteiger partial charge in [0.15, 0.2) is 5.13 Å². The zero-order valence-corrected chi connectivity index (χ0v) is 15.6. The van der Waals surface area contributed by atoms with Crippen molar-refractivity contribution in [2.75, 3.05) is 10.6 Å². The maximum absolute atomic E-state index is 12.4. The van der Waals surface area contributed by atoms with Gasteiger partial charge in [-0.2, -0.15) is 15.0 Å². The van der Waals surface area contributed by atoms with Crippen molar-refractivity contribution < 1.29 is 4.79 Å². The molecular formula is C14H9Cl3N6OS. The number of aryl methyl sites for hydroxylation is 1. The molecule has 0 aliphatic carbocycles. The van der Waals surface area contributed by atoms with Gasteiger partial charge in [0, 0.05) is 0 Å². The monoisotopic (exact) mass is 414 g/mol. The second kappa shape index (κ2) is 7.49. The van der Waals surface area contributed by atoms with Crippen molar-refractivity contribution in [3.05, 3.63) is 50.4 Å². The van der Waals surface area contributed by atoms with Gasteiger partial charge in [0.25, 0.3) is 5.91 Å². The van der Waals surface area contributed by atoms with Gasteiger partial charge in [-0.1, -0.05) is 35.1 Å². The number of nitrogens with one attached hydrogen (secondary N) is 2. The molecule has 0 aliphatic heterocycles. The van der Waals surface area contributed by atoms with Gasteiger partial charge in [0.05, 0.1) is 16.9 Å². The molecule has 1 amide bonds. The van der Waals surface area contributed by atoms with Gasteiger partial charge in [-0.3, -0.25) is 10.1 Å². The van der Waals surface area contributed by atoms with Gasteiger partial charge >= 0.3 is 0 Å². The fourth-order valence-corrected chi connectivity index (χ4v) is 3.22. The highest BCUT2D eigenvalue weighted by molar-refractivity contribution is 7.17. The maximum atomic E-state index is 12.4. The van der Waals surface area contributed by atoms with Gasteiger partial charge in [-0.05, 0) is 41.8 Å². The summed E-state index contributed by atoms with van der Waals surface area (Å²) in [5, 5.41) is 6.36. The van der Waals surface area contributed by atoms with E-state index in [0.29, 0.717) is 20.7 Å². The van der Waals surface area contributed by atoms with Crippen molar-refractivity contribution in [3.63, 3.8) is 0 Å². The number of rotatable bonds is 4. The molecule has 1 aromatic carbocycles. The molecule has 0 bridgehead atoms. The third-order valence-corrected chi connectivity index (χ3v) is 4.55. The maximum Gasteiger partial charge on any atom is 0.267 e. The number of anilines is 3. The lowest BCUT2D eigenvalue weighted by molar-refractivity contribution is 0.103. The highest BCUT2D eigenvalue weighted by Crippen LogP contribution is 2.27. The number of aromatic nitrogens is 4. The average molecular weight is 416 g/mol. The first-order valence-corrected chi connectivity index (χ1v) is 8.74. The molecule has 2 aromatic heterocycles. The SMILES string of the molecule is Cc1cccc(Cl)c1NC(=O)c1cnc(Nc2nc(Cl)nc(Cl)n2)s1. The summed E-state index contributed by atoms with van der Waals surface area (Å²) in [6.07, 6.45) is 1.43. The summed E-state index contributed by atoms with van der Waals surface area (Å²) in [6.45, 7) is 1.86. The Bertz CT molecular complexity index is 908. The molecule has 2 heterocycles. The molecule has 25 heavy (non-hydrogen) atoms. The van der Waals surface area contributed by atoms with Crippen molar-refractivity contribution in [2.24, 2.45) is 0 Å². The van der Waals surface area contributed by atoms with Crippen LogP contribution in [0, 0.1) is 6.92 Å². The minimum Gasteiger partial charge on any atom is -0.320 e. The summed E-state index contributed by atoms with van der Waals surface area (Å²) in [5.74, 6) is -0.193. The summed E-state index contributed by atoms with van der Waals surface area (Å²) in [6, 6.07) is 5.38. The smallest absolute Gasteiger partial charge is 0.267 e. The Labute approximate surface area is 161 Å². The predicted molar refractivity (Wildman–Crippen MR) is 99.4 cm³/mol. The number of halogens is 3. The molecule has 0 saturated carbocycles. The molecule has 0 unspecified atom stereocenters. The van der Waals surface area contributed by atoms with Gasteiger partial charge in [0.2, 0.25) is 16.5 Å². The topological polar surface area (TPSA) is 92.7 Å². The number of hydrogen-bond donors (Lipinski definition) is 2. The number of amides is 1. The van der Waals surface area contributed by atoms with Crippen LogP contribution in [0.3, 0.4) is 0 Å². The lowest BCUT2D eigenvalue weighted by Gasteiger charge is -2.08. The number of nitrogens with zero attached hydrogens (tertiary/aromatic N) is 4. The van der Waals surface area contributed by atoms with Crippen LogP contribution in [0.2, 0.25) is 15.6 Å². The number of hydrogen-bond acceptors (Lipinski definition) is 7. The van der Waals surface area contributed by atoms with Crippen LogP contribution in [0.25, 0.3) is 0 Å². The van der Waals surface area contributed by atoms with Crippen LogP contribution in [0.5, 0.6) is 0 Å². The summed E-state index contributed by atoms with van der Waals surface area (Å²) in [4.78, 5) is 28.3. The Hall–Kier alpha value is -2.00. The fourth-order valence-electron chi connectivity index (χ4n) is 1.88. The largest absolute Gasteiger partial charge is 0.320 e. The van der Waals surface area contributed by atoms with Crippen molar-refractivity contribution in [2.45, 2.75) is 6.92 Å². The Balaban J connectivity index is 1.75. The molecule has 7 nitrogen and oxygen atoms in total. The van der Waals surface area contributed by atoms with E-state index in [0.717, 1.165) is 16.9 Å². The van der Waals surface area contributed by atoms with Crippen LogP contribution in [-0.2, 0) is 0 Å². The third kappa shape index (κ3) is 4.35. The minimum absolute atomic E-state index is 0.0498. The predicted octanol–water partition coefficient (Wildman–Crippen LogP) is 4.59. The molecule has 3 aromatic rings. The lowest BCUT2D eigenvalue weighted by atomic mass is 10.2. The summed E-state index contributed by atoms with van der Waals surface area (Å²) >= 11 is 18.7. The Kier molecular flexibility index (Phi) is 5.33. The molecule has 128 valence electrons. The quantitative estimate of drug-likeness (QED) is 0.647. The number of para-hydroxylation sites is 1. The molecule has 0 fully saturated rings. The Morgan fingerprint density at radius 3 is 2.52 bits per heavy atom. The van der Waals surface area contributed by atoms with E-state index in [1.165, 1.54) is 6.20 Å². The van der Waals surface area contributed by atoms with E-state index >= 15 is 0 Å². The van der Waals surface area contributed by atoms with E-state index in [2.05, 4.69) is 30.6 Å². The molecule has 0 spiro atoms. The molecule has 11 heteroatoms. The lowest BCUT2D eigenvalue weighted by Crippen LogP contribution is -2.11. The van der Waals surface area contributed by atoms with Crippen molar-refractivity contribution in [1.82, 2.24) is 19.9 Å². The van der Waals surface area contributed by atoms with Crippen LogP contribution in [0.15, 0.2) is 24.4 Å². The van der Waals surface area contributed by atoms with Gasteiger partial charge in [-0.25, -0.2) is 4.98 Å². The minimum atomic E-state index is -0.325. The zero-order chi connectivity index (χ0) is 18.0. The highest BCUT2D eigenvalue weighted by atomic mass is 35.5. The normalized spacial score (nSPS) is 10.6. The standard InChI is InChI=1S/C14H9Cl3N6OS/c1-6-3-2-4-7(15)9(6)19-10(24)8-5-18-14(25-8)23-13-21-11(16)20-12(17)22-13/h2-5H,1H3,(H,19,24)(H,18,20,21,22,23). The van der Waals surface area contributed by atoms with Crippen LogP contribution in [-0.4, -0.2) is 25.8 Å². The van der Waals surface area contributed by atoms with Gasteiger partial charge in [-0.15, -0.1) is 0 Å². The fraction of sp³-hybridized carbons (Fsp3) is 0.0714. The Morgan fingerprint density at radius 2 is 1.84 bits per heavy atom. The summed E-state index contributed by atoms with van der Waals surface area (Å²) in [7, 11) is 0. The van der Waals surface area contributed by atoms with Crippen molar-refractivity contribution >= 4 is 68.8 Å².